The first-order valence-corrected chi connectivity index (χ1v) is 15.7. The van der Waals surface area contributed by atoms with Crippen molar-refractivity contribution < 1.29 is 28.6 Å². The molecule has 9 nitrogen and oxygen atoms in total. The number of aromatic nitrogens is 2. The maximum absolute atomic E-state index is 15.4. The number of anilines is 1. The lowest BCUT2D eigenvalue weighted by Crippen LogP contribution is -2.55. The third-order valence-corrected chi connectivity index (χ3v) is 9.66. The number of halogens is 2. The maximum Gasteiger partial charge on any atom is 0.306 e. The summed E-state index contributed by atoms with van der Waals surface area (Å²) >= 11 is 7.78. The molecule has 1 saturated carbocycles. The fourth-order valence-electron chi connectivity index (χ4n) is 5.94. The molecule has 224 valence electrons. The number of likely N-dealkylation sites (tertiary alicyclic amines) is 1. The molecule has 1 aliphatic carbocycles. The molecule has 1 atom stereocenters. The van der Waals surface area contributed by atoms with Gasteiger partial charge in [0.2, 0.25) is 5.06 Å². The van der Waals surface area contributed by atoms with Crippen molar-refractivity contribution in [3.05, 3.63) is 58.5 Å². The highest BCUT2D eigenvalue weighted by Crippen LogP contribution is 2.39. The number of carboxylic acids is 1. The number of para-hydroxylation sites is 1. The summed E-state index contributed by atoms with van der Waals surface area (Å²) in [5, 5.41) is 15.8. The average Bonchev–Trinajstić information content (AvgIpc) is 3.64. The third-order valence-electron chi connectivity index (χ3n) is 8.21. The van der Waals surface area contributed by atoms with Crippen LogP contribution >= 0.6 is 23.4 Å². The standard InChI is InChI=1S/C30H34ClFN4O5S/c1-35-25-8-4-3-7-21(25)27(34-35)28(38)33-24-17-23(32)19(15-22(24)31)16-26(37)30(42-2,36-13-5-6-14-36)41-20-11-9-18(10-12-20)29(39)40/h3-4,7-8,15,17-18,20H,5-6,9-14,16H2,1-2H3,(H,33,38)(H,39,40). The molecule has 2 heterocycles. The van der Waals surface area contributed by atoms with Crippen LogP contribution < -0.4 is 5.32 Å². The van der Waals surface area contributed by atoms with E-state index in [0.29, 0.717) is 44.2 Å². The van der Waals surface area contributed by atoms with E-state index in [0.717, 1.165) is 24.4 Å². The molecule has 2 aromatic carbocycles. The number of ketones is 1. The zero-order chi connectivity index (χ0) is 30.0. The fourth-order valence-corrected chi connectivity index (χ4v) is 7.15. The van der Waals surface area contributed by atoms with Crippen LogP contribution in [-0.4, -0.2) is 68.0 Å². The molecule has 0 spiro atoms. The number of carbonyl (C=O) groups excluding carboxylic acids is 2. The lowest BCUT2D eigenvalue weighted by Gasteiger charge is -2.42. The van der Waals surface area contributed by atoms with Crippen molar-refractivity contribution in [3.8, 4) is 0 Å². The number of fused-ring (bicyclic) bond motifs is 1. The van der Waals surface area contributed by atoms with Crippen molar-refractivity contribution in [2.45, 2.75) is 56.1 Å². The summed E-state index contributed by atoms with van der Waals surface area (Å²) in [6.07, 6.45) is 5.19. The molecular weight excluding hydrogens is 583 g/mol. The highest BCUT2D eigenvalue weighted by Gasteiger charge is 2.48. The van der Waals surface area contributed by atoms with E-state index in [-0.39, 0.29) is 40.3 Å². The Morgan fingerprint density at radius 3 is 2.52 bits per heavy atom. The molecule has 5 rings (SSSR count). The van der Waals surface area contributed by atoms with Gasteiger partial charge in [-0.25, -0.2) is 4.39 Å². The van der Waals surface area contributed by atoms with Gasteiger partial charge in [-0.05, 0) is 68.5 Å². The quantitative estimate of drug-likeness (QED) is 0.287. The Hall–Kier alpha value is -2.99. The van der Waals surface area contributed by atoms with E-state index >= 15 is 4.39 Å². The molecule has 0 radical (unpaired) electrons. The number of rotatable bonds is 10. The molecule has 1 aromatic heterocycles. The predicted octanol–water partition coefficient (Wildman–Crippen LogP) is 5.50. The summed E-state index contributed by atoms with van der Waals surface area (Å²) in [5.74, 6) is -2.71. The second-order valence-electron chi connectivity index (χ2n) is 10.9. The predicted molar refractivity (Wildman–Crippen MR) is 160 cm³/mol. The van der Waals surface area contributed by atoms with Gasteiger partial charge in [0.25, 0.3) is 5.91 Å². The van der Waals surface area contributed by atoms with E-state index in [4.69, 9.17) is 16.3 Å². The first-order valence-electron chi connectivity index (χ1n) is 14.1. The highest BCUT2D eigenvalue weighted by atomic mass is 35.5. The van der Waals surface area contributed by atoms with Crippen LogP contribution in [0.15, 0.2) is 36.4 Å². The largest absolute Gasteiger partial charge is 0.481 e. The van der Waals surface area contributed by atoms with Crippen molar-refractivity contribution in [2.24, 2.45) is 13.0 Å². The van der Waals surface area contributed by atoms with Crippen LogP contribution in [0.1, 0.15) is 54.6 Å². The number of nitrogens with zero attached hydrogens (tertiary/aromatic N) is 3. The number of benzene rings is 2. The topological polar surface area (TPSA) is 114 Å². The molecule has 12 heteroatoms. The monoisotopic (exact) mass is 616 g/mol. The Morgan fingerprint density at radius 2 is 1.86 bits per heavy atom. The second-order valence-corrected chi connectivity index (χ2v) is 12.2. The number of thioether (sulfide) groups is 1. The van der Waals surface area contributed by atoms with E-state index in [1.54, 1.807) is 23.9 Å². The molecule has 1 unspecified atom stereocenters. The van der Waals surface area contributed by atoms with Gasteiger partial charge in [-0.1, -0.05) is 29.8 Å². The van der Waals surface area contributed by atoms with Crippen LogP contribution in [0.5, 0.6) is 0 Å². The number of aliphatic carboxylic acids is 1. The van der Waals surface area contributed by atoms with Gasteiger partial charge in [0.1, 0.15) is 5.82 Å². The zero-order valence-corrected chi connectivity index (χ0v) is 25.1. The number of ether oxygens (including phenoxy) is 1. The molecule has 1 saturated heterocycles. The van der Waals surface area contributed by atoms with Gasteiger partial charge in [0.15, 0.2) is 11.5 Å². The molecule has 1 aliphatic heterocycles. The van der Waals surface area contributed by atoms with Crippen LogP contribution in [0.3, 0.4) is 0 Å². The van der Waals surface area contributed by atoms with Crippen LogP contribution in [0.4, 0.5) is 10.1 Å². The molecule has 2 fully saturated rings. The minimum absolute atomic E-state index is 0.0761. The van der Waals surface area contributed by atoms with Crippen molar-refractivity contribution in [1.82, 2.24) is 14.7 Å². The molecule has 2 aliphatic rings. The van der Waals surface area contributed by atoms with Crippen molar-refractivity contribution in [1.29, 1.82) is 0 Å². The average molecular weight is 617 g/mol. The molecule has 3 aromatic rings. The summed E-state index contributed by atoms with van der Waals surface area (Å²) in [4.78, 5) is 40.4. The normalized spacial score (nSPS) is 20.9. The van der Waals surface area contributed by atoms with Gasteiger partial charge in [-0.2, -0.15) is 5.10 Å². The number of hydrogen-bond donors (Lipinski definition) is 2. The van der Waals surface area contributed by atoms with Gasteiger partial charge in [-0.3, -0.25) is 24.0 Å². The summed E-state index contributed by atoms with van der Waals surface area (Å²) in [6, 6.07) is 9.78. The molecular formula is C30H34ClFN4O5S. The van der Waals surface area contributed by atoms with Crippen molar-refractivity contribution in [3.63, 3.8) is 0 Å². The minimum atomic E-state index is -1.32. The number of carbonyl (C=O) groups is 3. The Labute approximate surface area is 252 Å². The van der Waals surface area contributed by atoms with Crippen LogP contribution in [0.2, 0.25) is 5.02 Å². The summed E-state index contributed by atoms with van der Waals surface area (Å²) in [6.45, 7) is 1.35. The first-order chi connectivity index (χ1) is 20.1. The summed E-state index contributed by atoms with van der Waals surface area (Å²) < 4.78 is 23.6. The summed E-state index contributed by atoms with van der Waals surface area (Å²) in [5.41, 5.74) is 1.14. The van der Waals surface area contributed by atoms with E-state index in [1.807, 2.05) is 23.3 Å². The molecule has 1 amide bonds. The number of aryl methyl sites for hydroxylation is 1. The van der Waals surface area contributed by atoms with Crippen molar-refractivity contribution >= 4 is 57.6 Å². The smallest absolute Gasteiger partial charge is 0.306 e. The molecule has 2 N–H and O–H groups in total. The first kappa shape index (κ1) is 30.5. The fraction of sp³-hybridized carbons (Fsp3) is 0.467. The Balaban J connectivity index is 1.34. The number of hydrogen-bond acceptors (Lipinski definition) is 7. The van der Waals surface area contributed by atoms with E-state index in [9.17, 15) is 19.5 Å². The zero-order valence-electron chi connectivity index (χ0n) is 23.6. The Kier molecular flexibility index (Phi) is 9.22. The van der Waals surface area contributed by atoms with Gasteiger partial charge in [0.05, 0.1) is 28.2 Å². The second kappa shape index (κ2) is 12.7. The van der Waals surface area contributed by atoms with Crippen molar-refractivity contribution in [2.75, 3.05) is 24.7 Å². The highest BCUT2D eigenvalue weighted by molar-refractivity contribution is 8.00. The van der Waals surface area contributed by atoms with E-state index < -0.39 is 28.7 Å². The molecule has 42 heavy (non-hydrogen) atoms. The Morgan fingerprint density at radius 1 is 1.17 bits per heavy atom. The van der Waals surface area contributed by atoms with E-state index in [2.05, 4.69) is 10.4 Å². The third kappa shape index (κ3) is 6.06. The van der Waals surface area contributed by atoms with Gasteiger partial charge >= 0.3 is 5.97 Å². The Bertz CT molecular complexity index is 1500. The lowest BCUT2D eigenvalue weighted by molar-refractivity contribution is -0.165. The van der Waals surface area contributed by atoms with Crippen LogP contribution in [0, 0.1) is 11.7 Å². The van der Waals surface area contributed by atoms with Crippen LogP contribution in [0.25, 0.3) is 10.9 Å². The minimum Gasteiger partial charge on any atom is -0.481 e. The number of nitrogens with one attached hydrogen (secondary N) is 1. The summed E-state index contributed by atoms with van der Waals surface area (Å²) in [7, 11) is 1.74. The maximum atomic E-state index is 15.4. The van der Waals surface area contributed by atoms with Gasteiger partial charge < -0.3 is 15.2 Å². The number of amides is 1. The molecule has 0 bridgehead atoms. The van der Waals surface area contributed by atoms with Gasteiger partial charge in [-0.15, -0.1) is 11.8 Å². The SMILES string of the molecule is CSC(OC1CCC(C(=O)O)CC1)(C(=O)Cc1cc(Cl)c(NC(=O)c2nn(C)c3ccccc23)cc1F)N1CCCC1. The lowest BCUT2D eigenvalue weighted by atomic mass is 9.87. The number of carboxylic acid groups (broad SMARTS) is 1. The van der Waals surface area contributed by atoms with E-state index in [1.165, 1.54) is 17.8 Å². The van der Waals surface area contributed by atoms with Gasteiger partial charge in [0, 0.05) is 31.9 Å². The van der Waals surface area contributed by atoms with Crippen LogP contribution in [-0.2, 0) is 27.8 Å². The number of Topliss-reactive ketones (excluding diaryl/α,β-unsaturated/α-hetero) is 1.